The van der Waals surface area contributed by atoms with Gasteiger partial charge in [-0.3, -0.25) is 9.59 Å². The van der Waals surface area contributed by atoms with Crippen LogP contribution in [0.1, 0.15) is 53.6 Å². The molecule has 0 fully saturated rings. The molecule has 0 aliphatic carbocycles. The lowest BCUT2D eigenvalue weighted by Gasteiger charge is -2.20. The van der Waals surface area contributed by atoms with Crippen molar-refractivity contribution in [2.45, 2.75) is 43.3 Å². The minimum Gasteiger partial charge on any atom is -0.481 e. The Bertz CT molecular complexity index is 1150. The third-order valence-corrected chi connectivity index (χ3v) is 6.11. The highest BCUT2D eigenvalue weighted by atomic mass is 32.2. The zero-order valence-electron chi connectivity index (χ0n) is 18.6. The molecule has 0 saturated heterocycles. The van der Waals surface area contributed by atoms with E-state index in [9.17, 15) is 22.8 Å². The van der Waals surface area contributed by atoms with E-state index < -0.39 is 30.4 Å². The number of fused-ring (bicyclic) bond motifs is 1. The van der Waals surface area contributed by atoms with Crippen molar-refractivity contribution in [3.63, 3.8) is 0 Å². The average Bonchev–Trinajstić information content (AvgIpc) is 2.79. The number of benzene rings is 2. The van der Waals surface area contributed by atoms with Gasteiger partial charge in [-0.05, 0) is 53.6 Å². The van der Waals surface area contributed by atoms with Crippen LogP contribution in [0.25, 0.3) is 10.9 Å². The molecule has 2 aromatic carbocycles. The molecule has 1 aromatic heterocycles. The van der Waals surface area contributed by atoms with Crippen molar-refractivity contribution in [3.05, 3.63) is 71.3 Å². The standard InChI is InChI=1S/C25H25F3N2O3S/c1-2-34-22-10-8-19-15-18(7-9-21(19)30-22)20(11-13-25(26,27)28)16-3-5-17(6-4-16)24(33)29-14-12-23(31)32/h3-10,15,20H,2,11-14H2,1H3,(H,29,33)(H,31,32). The second kappa shape index (κ2) is 11.4. The molecule has 3 rings (SSSR count). The SMILES string of the molecule is CCSc1ccc2cc(C(CCC(F)(F)F)c3ccc(C(=O)NCCC(=O)O)cc3)ccc2n1. The molecule has 34 heavy (non-hydrogen) atoms. The molecule has 0 bridgehead atoms. The van der Waals surface area contributed by atoms with Gasteiger partial charge in [-0.15, -0.1) is 11.8 Å². The fourth-order valence-corrected chi connectivity index (χ4v) is 4.28. The second-order valence-electron chi connectivity index (χ2n) is 7.76. The van der Waals surface area contributed by atoms with Crippen LogP contribution in [-0.2, 0) is 4.79 Å². The van der Waals surface area contributed by atoms with E-state index in [1.165, 1.54) is 0 Å². The van der Waals surface area contributed by atoms with Gasteiger partial charge in [0.1, 0.15) is 0 Å². The number of carbonyl (C=O) groups is 2. The van der Waals surface area contributed by atoms with E-state index in [2.05, 4.69) is 10.3 Å². The number of carbonyl (C=O) groups excluding carboxylic acids is 1. The summed E-state index contributed by atoms with van der Waals surface area (Å²) in [5, 5.41) is 12.9. The third kappa shape index (κ3) is 7.21. The summed E-state index contributed by atoms with van der Waals surface area (Å²) in [4.78, 5) is 27.4. The Balaban J connectivity index is 1.86. The van der Waals surface area contributed by atoms with Crippen LogP contribution in [0.5, 0.6) is 0 Å². The quantitative estimate of drug-likeness (QED) is 0.340. The summed E-state index contributed by atoms with van der Waals surface area (Å²) in [5.41, 5.74) is 2.50. The summed E-state index contributed by atoms with van der Waals surface area (Å²) in [6, 6.07) is 15.7. The molecule has 1 unspecified atom stereocenters. The lowest BCUT2D eigenvalue weighted by atomic mass is 9.86. The highest BCUT2D eigenvalue weighted by Crippen LogP contribution is 2.35. The average molecular weight is 491 g/mol. The van der Waals surface area contributed by atoms with E-state index in [4.69, 9.17) is 5.11 Å². The predicted octanol–water partition coefficient (Wildman–Crippen LogP) is 6.03. The number of amides is 1. The molecule has 5 nitrogen and oxygen atoms in total. The maximum Gasteiger partial charge on any atom is 0.389 e. The molecule has 0 aliphatic rings. The number of aliphatic carboxylic acids is 1. The van der Waals surface area contributed by atoms with Crippen molar-refractivity contribution in [3.8, 4) is 0 Å². The van der Waals surface area contributed by atoms with Gasteiger partial charge in [-0.1, -0.05) is 31.2 Å². The van der Waals surface area contributed by atoms with Crippen LogP contribution in [0.2, 0.25) is 0 Å². The number of alkyl halides is 3. The van der Waals surface area contributed by atoms with Crippen molar-refractivity contribution < 1.29 is 27.9 Å². The molecule has 0 saturated carbocycles. The maximum absolute atomic E-state index is 13.1. The van der Waals surface area contributed by atoms with Gasteiger partial charge in [0.2, 0.25) is 0 Å². The second-order valence-corrected chi connectivity index (χ2v) is 9.05. The number of carboxylic acid groups (broad SMARTS) is 1. The molecular formula is C25H25F3N2O3S. The van der Waals surface area contributed by atoms with Gasteiger partial charge in [0.25, 0.3) is 5.91 Å². The van der Waals surface area contributed by atoms with Crippen LogP contribution in [0.4, 0.5) is 13.2 Å². The summed E-state index contributed by atoms with van der Waals surface area (Å²) in [5.74, 6) is -1.07. The van der Waals surface area contributed by atoms with Crippen LogP contribution in [-0.4, -0.2) is 40.4 Å². The Morgan fingerprint density at radius 3 is 2.41 bits per heavy atom. The molecular weight excluding hydrogens is 465 g/mol. The van der Waals surface area contributed by atoms with Gasteiger partial charge >= 0.3 is 12.1 Å². The van der Waals surface area contributed by atoms with Crippen LogP contribution < -0.4 is 5.32 Å². The van der Waals surface area contributed by atoms with Crippen LogP contribution in [0, 0.1) is 0 Å². The minimum atomic E-state index is -4.28. The number of hydrogen-bond acceptors (Lipinski definition) is 4. The molecule has 180 valence electrons. The zero-order chi connectivity index (χ0) is 24.7. The molecule has 2 N–H and O–H groups in total. The van der Waals surface area contributed by atoms with Crippen molar-refractivity contribution in [2.75, 3.05) is 12.3 Å². The zero-order valence-corrected chi connectivity index (χ0v) is 19.4. The molecule has 9 heteroatoms. The van der Waals surface area contributed by atoms with E-state index in [1.54, 1.807) is 36.0 Å². The first-order valence-corrected chi connectivity index (χ1v) is 11.8. The number of thioether (sulfide) groups is 1. The fraction of sp³-hybridized carbons (Fsp3) is 0.320. The van der Waals surface area contributed by atoms with E-state index >= 15 is 0 Å². The van der Waals surface area contributed by atoms with Gasteiger partial charge < -0.3 is 10.4 Å². The lowest BCUT2D eigenvalue weighted by Crippen LogP contribution is -2.25. The van der Waals surface area contributed by atoms with Gasteiger partial charge in [-0.2, -0.15) is 13.2 Å². The molecule has 1 atom stereocenters. The van der Waals surface area contributed by atoms with Crippen molar-refractivity contribution in [2.24, 2.45) is 0 Å². The fourth-order valence-electron chi connectivity index (χ4n) is 3.66. The summed E-state index contributed by atoms with van der Waals surface area (Å²) >= 11 is 1.62. The molecule has 0 aliphatic heterocycles. The number of hydrogen-bond donors (Lipinski definition) is 2. The lowest BCUT2D eigenvalue weighted by molar-refractivity contribution is -0.137. The van der Waals surface area contributed by atoms with Gasteiger partial charge in [0.15, 0.2) is 0 Å². The number of nitrogens with zero attached hydrogens (tertiary/aromatic N) is 1. The molecule has 0 spiro atoms. The first-order valence-electron chi connectivity index (χ1n) is 10.9. The van der Waals surface area contributed by atoms with Crippen LogP contribution in [0.3, 0.4) is 0 Å². The Hall–Kier alpha value is -3.07. The molecule has 1 heterocycles. The largest absolute Gasteiger partial charge is 0.481 e. The van der Waals surface area contributed by atoms with E-state index in [0.717, 1.165) is 27.2 Å². The Kier molecular flexibility index (Phi) is 8.55. The van der Waals surface area contributed by atoms with Crippen LogP contribution in [0.15, 0.2) is 59.6 Å². The third-order valence-electron chi connectivity index (χ3n) is 5.30. The maximum atomic E-state index is 13.1. The van der Waals surface area contributed by atoms with Crippen molar-refractivity contribution >= 4 is 34.5 Å². The molecule has 3 aromatic rings. The smallest absolute Gasteiger partial charge is 0.389 e. The van der Waals surface area contributed by atoms with Crippen LogP contribution >= 0.6 is 11.8 Å². The predicted molar refractivity (Wildman–Crippen MR) is 126 cm³/mol. The summed E-state index contributed by atoms with van der Waals surface area (Å²) in [6.07, 6.45) is -5.54. The number of rotatable bonds is 10. The number of pyridine rings is 1. The van der Waals surface area contributed by atoms with E-state index in [0.29, 0.717) is 11.1 Å². The normalized spacial score (nSPS) is 12.5. The number of nitrogens with one attached hydrogen (secondary N) is 1. The molecule has 0 radical (unpaired) electrons. The minimum absolute atomic E-state index is 0.00622. The van der Waals surface area contributed by atoms with E-state index in [1.807, 2.05) is 37.3 Å². The van der Waals surface area contributed by atoms with Gasteiger partial charge in [0.05, 0.1) is 17.0 Å². The number of aromatic nitrogens is 1. The van der Waals surface area contributed by atoms with Crippen molar-refractivity contribution in [1.29, 1.82) is 0 Å². The Morgan fingerprint density at radius 1 is 1.06 bits per heavy atom. The topological polar surface area (TPSA) is 79.3 Å². The summed E-state index contributed by atoms with van der Waals surface area (Å²) < 4.78 is 39.2. The number of halogens is 3. The van der Waals surface area contributed by atoms with Gasteiger partial charge in [0, 0.05) is 29.8 Å². The first-order chi connectivity index (χ1) is 16.2. The monoisotopic (exact) mass is 490 g/mol. The molecule has 1 amide bonds. The van der Waals surface area contributed by atoms with Crippen molar-refractivity contribution in [1.82, 2.24) is 10.3 Å². The highest BCUT2D eigenvalue weighted by Gasteiger charge is 2.29. The van der Waals surface area contributed by atoms with Gasteiger partial charge in [-0.25, -0.2) is 4.98 Å². The number of carboxylic acids is 1. The summed E-state index contributed by atoms with van der Waals surface area (Å²) in [6.45, 7) is 2.03. The Labute approximate surface area is 199 Å². The van der Waals surface area contributed by atoms with E-state index in [-0.39, 0.29) is 19.4 Å². The Morgan fingerprint density at radius 2 is 1.76 bits per heavy atom. The highest BCUT2D eigenvalue weighted by molar-refractivity contribution is 7.99. The summed E-state index contributed by atoms with van der Waals surface area (Å²) in [7, 11) is 0. The first kappa shape index (κ1) is 25.6.